The molecule has 3 N–H and O–H groups in total. The van der Waals surface area contributed by atoms with E-state index in [-0.39, 0.29) is 5.91 Å². The van der Waals surface area contributed by atoms with Crippen LogP contribution in [-0.2, 0) is 4.79 Å². The quantitative estimate of drug-likeness (QED) is 0.848. The van der Waals surface area contributed by atoms with Gasteiger partial charge < -0.3 is 11.1 Å². The van der Waals surface area contributed by atoms with Crippen molar-refractivity contribution in [3.8, 4) is 0 Å². The highest BCUT2D eigenvalue weighted by Crippen LogP contribution is 2.22. The third-order valence-corrected chi connectivity index (χ3v) is 3.48. The molecule has 0 aliphatic rings. The van der Waals surface area contributed by atoms with Crippen molar-refractivity contribution < 1.29 is 4.79 Å². The van der Waals surface area contributed by atoms with Gasteiger partial charge in [0.1, 0.15) is 0 Å². The van der Waals surface area contributed by atoms with Crippen molar-refractivity contribution in [2.24, 2.45) is 11.7 Å². The molecule has 0 bridgehead atoms. The molecule has 1 aromatic carbocycles. The van der Waals surface area contributed by atoms with Gasteiger partial charge in [-0.2, -0.15) is 0 Å². The highest BCUT2D eigenvalue weighted by Gasteiger charge is 2.08. The minimum absolute atomic E-state index is 0.0465. The van der Waals surface area contributed by atoms with Gasteiger partial charge in [-0.15, -0.1) is 0 Å². The van der Waals surface area contributed by atoms with E-state index in [1.165, 1.54) is 0 Å². The Morgan fingerprint density at radius 1 is 1.35 bits per heavy atom. The summed E-state index contributed by atoms with van der Waals surface area (Å²) in [6.07, 6.45) is 5.89. The first-order valence-electron chi connectivity index (χ1n) is 7.03. The summed E-state index contributed by atoms with van der Waals surface area (Å²) < 4.78 is 0. The van der Waals surface area contributed by atoms with Crippen LogP contribution in [0.4, 0.5) is 5.69 Å². The molecule has 0 fully saturated rings. The first-order chi connectivity index (χ1) is 9.70. The zero-order valence-corrected chi connectivity index (χ0v) is 11.8. The molecule has 1 heterocycles. The van der Waals surface area contributed by atoms with Gasteiger partial charge >= 0.3 is 0 Å². The van der Waals surface area contributed by atoms with Crippen LogP contribution in [0.25, 0.3) is 10.8 Å². The maximum Gasteiger partial charge on any atom is 0.224 e. The topological polar surface area (TPSA) is 68.0 Å². The summed E-state index contributed by atoms with van der Waals surface area (Å²) in [5, 5.41) is 5.02. The monoisotopic (exact) mass is 271 g/mol. The largest absolute Gasteiger partial charge is 0.330 e. The molecule has 0 spiro atoms. The van der Waals surface area contributed by atoms with Crippen molar-refractivity contribution >= 4 is 22.4 Å². The molecule has 0 saturated carbocycles. The molecule has 4 heteroatoms. The summed E-state index contributed by atoms with van der Waals surface area (Å²) in [4.78, 5) is 16.1. The number of rotatable bonds is 6. The molecule has 0 aliphatic heterocycles. The number of pyridine rings is 1. The van der Waals surface area contributed by atoms with E-state index >= 15 is 0 Å². The molecule has 0 radical (unpaired) electrons. The number of anilines is 1. The van der Waals surface area contributed by atoms with Crippen molar-refractivity contribution in [3.05, 3.63) is 36.7 Å². The van der Waals surface area contributed by atoms with Crippen LogP contribution in [0, 0.1) is 5.92 Å². The normalized spacial score (nSPS) is 12.3. The van der Waals surface area contributed by atoms with Crippen LogP contribution < -0.4 is 11.1 Å². The number of carbonyl (C=O) groups excluding carboxylic acids is 1. The van der Waals surface area contributed by atoms with E-state index in [2.05, 4.69) is 17.2 Å². The van der Waals surface area contributed by atoms with Gasteiger partial charge in [-0.25, -0.2) is 0 Å². The van der Waals surface area contributed by atoms with Gasteiger partial charge in [-0.3, -0.25) is 9.78 Å². The second-order valence-electron chi connectivity index (χ2n) is 5.17. The molecular weight excluding hydrogens is 250 g/mol. The van der Waals surface area contributed by atoms with Crippen molar-refractivity contribution in [2.75, 3.05) is 11.9 Å². The fourth-order valence-corrected chi connectivity index (χ4v) is 2.24. The maximum absolute atomic E-state index is 12.0. The van der Waals surface area contributed by atoms with Crippen LogP contribution in [0.2, 0.25) is 0 Å². The smallest absolute Gasteiger partial charge is 0.224 e. The van der Waals surface area contributed by atoms with Crippen molar-refractivity contribution in [1.82, 2.24) is 4.98 Å². The van der Waals surface area contributed by atoms with Gasteiger partial charge in [-0.05, 0) is 42.8 Å². The van der Waals surface area contributed by atoms with Crippen molar-refractivity contribution in [3.63, 3.8) is 0 Å². The minimum Gasteiger partial charge on any atom is -0.330 e. The number of nitrogens with two attached hydrogens (primary N) is 1. The Kier molecular flexibility index (Phi) is 5.07. The Hall–Kier alpha value is -1.94. The molecule has 4 nitrogen and oxygen atoms in total. The molecular formula is C16H21N3O. The van der Waals surface area contributed by atoms with Crippen LogP contribution in [0.3, 0.4) is 0 Å². The van der Waals surface area contributed by atoms with Crippen molar-refractivity contribution in [1.29, 1.82) is 0 Å². The SMILES string of the molecule is CC(CCN)CCC(=O)Nc1cccc2ccncc12. The Morgan fingerprint density at radius 3 is 3.00 bits per heavy atom. The van der Waals surface area contributed by atoms with Gasteiger partial charge in [0.25, 0.3) is 0 Å². The van der Waals surface area contributed by atoms with Crippen molar-refractivity contribution in [2.45, 2.75) is 26.2 Å². The zero-order valence-electron chi connectivity index (χ0n) is 11.8. The second kappa shape index (κ2) is 7.01. The van der Waals surface area contributed by atoms with Crippen LogP contribution in [0.15, 0.2) is 36.7 Å². The summed E-state index contributed by atoms with van der Waals surface area (Å²) in [7, 11) is 0. The van der Waals surface area contributed by atoms with E-state index in [1.807, 2.05) is 24.3 Å². The number of hydrogen-bond donors (Lipinski definition) is 2. The zero-order chi connectivity index (χ0) is 14.4. The second-order valence-corrected chi connectivity index (χ2v) is 5.17. The number of benzene rings is 1. The molecule has 1 atom stereocenters. The van der Waals surface area contributed by atoms with Crippen LogP contribution >= 0.6 is 0 Å². The third kappa shape index (κ3) is 3.78. The number of carbonyl (C=O) groups is 1. The molecule has 1 amide bonds. The molecule has 0 aliphatic carbocycles. The first-order valence-corrected chi connectivity index (χ1v) is 7.03. The van der Waals surface area contributed by atoms with Gasteiger partial charge in [0.2, 0.25) is 5.91 Å². The minimum atomic E-state index is 0.0465. The Balaban J connectivity index is 1.99. The standard InChI is InChI=1S/C16H21N3O/c1-12(7-9-17)5-6-16(20)19-15-4-2-3-13-8-10-18-11-14(13)15/h2-4,8,10-12H,5-7,9,17H2,1H3,(H,19,20). The van der Waals surface area contributed by atoms with Crippen LogP contribution in [0.5, 0.6) is 0 Å². The van der Waals surface area contributed by atoms with Gasteiger partial charge in [0, 0.05) is 24.2 Å². The number of nitrogens with zero attached hydrogens (tertiary/aromatic N) is 1. The van der Waals surface area contributed by atoms with E-state index in [9.17, 15) is 4.79 Å². The van der Waals surface area contributed by atoms with Crippen LogP contribution in [-0.4, -0.2) is 17.4 Å². The average molecular weight is 271 g/mol. The molecule has 0 saturated heterocycles. The average Bonchev–Trinajstić information content (AvgIpc) is 2.46. The van der Waals surface area contributed by atoms with Gasteiger partial charge in [0.15, 0.2) is 0 Å². The molecule has 1 unspecified atom stereocenters. The number of hydrogen-bond acceptors (Lipinski definition) is 3. The van der Waals surface area contributed by atoms with Crippen LogP contribution in [0.1, 0.15) is 26.2 Å². The summed E-state index contributed by atoms with van der Waals surface area (Å²) in [5.41, 5.74) is 6.34. The highest BCUT2D eigenvalue weighted by molar-refractivity contribution is 6.01. The van der Waals surface area contributed by atoms with E-state index in [4.69, 9.17) is 5.73 Å². The molecule has 2 aromatic rings. The number of amides is 1. The maximum atomic E-state index is 12.0. The van der Waals surface area contributed by atoms with Gasteiger partial charge in [-0.1, -0.05) is 19.1 Å². The molecule has 1 aromatic heterocycles. The molecule has 2 rings (SSSR count). The van der Waals surface area contributed by atoms with E-state index in [1.54, 1.807) is 12.4 Å². The third-order valence-electron chi connectivity index (χ3n) is 3.48. The van der Waals surface area contributed by atoms with E-state index in [0.29, 0.717) is 18.9 Å². The lowest BCUT2D eigenvalue weighted by atomic mass is 10.0. The Labute approximate surface area is 119 Å². The highest BCUT2D eigenvalue weighted by atomic mass is 16.1. The Morgan fingerprint density at radius 2 is 2.20 bits per heavy atom. The molecule has 106 valence electrons. The fraction of sp³-hybridized carbons (Fsp3) is 0.375. The lowest BCUT2D eigenvalue weighted by Gasteiger charge is -2.11. The van der Waals surface area contributed by atoms with Gasteiger partial charge in [0.05, 0.1) is 5.69 Å². The first kappa shape index (κ1) is 14.5. The summed E-state index contributed by atoms with van der Waals surface area (Å²) in [6, 6.07) is 7.80. The summed E-state index contributed by atoms with van der Waals surface area (Å²) in [6.45, 7) is 2.81. The number of nitrogens with one attached hydrogen (secondary N) is 1. The fourth-order valence-electron chi connectivity index (χ4n) is 2.24. The Bertz CT molecular complexity index is 577. The lowest BCUT2D eigenvalue weighted by Crippen LogP contribution is -2.14. The summed E-state index contributed by atoms with van der Waals surface area (Å²) in [5.74, 6) is 0.533. The predicted molar refractivity (Wildman–Crippen MR) is 82.4 cm³/mol. The lowest BCUT2D eigenvalue weighted by molar-refractivity contribution is -0.116. The molecule has 20 heavy (non-hydrogen) atoms. The summed E-state index contributed by atoms with van der Waals surface area (Å²) >= 11 is 0. The number of aromatic nitrogens is 1. The number of fused-ring (bicyclic) bond motifs is 1. The van der Waals surface area contributed by atoms with E-state index in [0.717, 1.165) is 29.3 Å². The van der Waals surface area contributed by atoms with E-state index < -0.39 is 0 Å². The predicted octanol–water partition coefficient (Wildman–Crippen LogP) is 2.94.